The maximum atomic E-state index is 2.44. The Bertz CT molecular complexity index is 3770. The Kier molecular flexibility index (Phi) is 11.1. The van der Waals surface area contributed by atoms with Crippen LogP contribution >= 0.6 is 22.7 Å². The number of benzene rings is 10. The molecular formula is C66H47N3S2. The Balaban J connectivity index is 0.807. The van der Waals surface area contributed by atoms with E-state index in [-0.39, 0.29) is 0 Å². The molecule has 13 rings (SSSR count). The van der Waals surface area contributed by atoms with Crippen LogP contribution in [0.2, 0.25) is 0 Å². The summed E-state index contributed by atoms with van der Waals surface area (Å²) in [4.78, 5) is 8.58. The number of allylic oxidation sites excluding steroid dienone is 1. The topological polar surface area (TPSA) is 9.72 Å². The van der Waals surface area contributed by atoms with Gasteiger partial charge in [0.15, 0.2) is 0 Å². The second kappa shape index (κ2) is 18.4. The van der Waals surface area contributed by atoms with Crippen LogP contribution in [0.15, 0.2) is 260 Å². The van der Waals surface area contributed by atoms with E-state index in [0.717, 1.165) is 47.0 Å². The molecule has 1 aliphatic carbocycles. The molecule has 0 fully saturated rings. The van der Waals surface area contributed by atoms with Crippen LogP contribution in [0.4, 0.5) is 45.5 Å². The number of para-hydroxylation sites is 5. The minimum Gasteiger partial charge on any atom is -0.314 e. The van der Waals surface area contributed by atoms with Gasteiger partial charge in [0.05, 0.1) is 0 Å². The molecule has 0 N–H and O–H groups in total. The van der Waals surface area contributed by atoms with Crippen LogP contribution < -0.4 is 14.7 Å². The van der Waals surface area contributed by atoms with Gasteiger partial charge in [0.1, 0.15) is 0 Å². The zero-order chi connectivity index (χ0) is 47.1. The van der Waals surface area contributed by atoms with Crippen molar-refractivity contribution < 1.29 is 0 Å². The summed E-state index contributed by atoms with van der Waals surface area (Å²) in [6, 6.07) is 92.5. The number of aryl methyl sites for hydroxylation is 1. The van der Waals surface area contributed by atoms with E-state index in [1.165, 1.54) is 80.0 Å². The maximum Gasteiger partial charge on any atom is 0.0468 e. The highest BCUT2D eigenvalue weighted by Gasteiger charge is 2.23. The number of fused-ring (bicyclic) bond motifs is 6. The van der Waals surface area contributed by atoms with Crippen LogP contribution in [0.1, 0.15) is 16.9 Å². The monoisotopic (exact) mass is 945 g/mol. The Morgan fingerprint density at radius 1 is 0.268 bits per heavy atom. The van der Waals surface area contributed by atoms with Crippen molar-refractivity contribution in [3.05, 3.63) is 271 Å². The van der Waals surface area contributed by atoms with Crippen LogP contribution in [0, 0.1) is 0 Å². The van der Waals surface area contributed by atoms with Crippen LogP contribution in [0.5, 0.6) is 0 Å². The number of nitrogens with zero attached hydrogens (tertiary/aromatic N) is 3. The summed E-state index contributed by atoms with van der Waals surface area (Å²) in [6.45, 7) is 0. The lowest BCUT2D eigenvalue weighted by Gasteiger charge is -2.30. The van der Waals surface area contributed by atoms with Crippen LogP contribution in [0.3, 0.4) is 0 Å². The zero-order valence-corrected chi connectivity index (χ0v) is 40.5. The summed E-state index contributed by atoms with van der Waals surface area (Å²) < 4.78 is 3.91. The Labute approximate surface area is 422 Å². The Morgan fingerprint density at radius 3 is 1.10 bits per heavy atom. The summed E-state index contributed by atoms with van der Waals surface area (Å²) in [5.41, 5.74) is 16.6. The molecule has 0 saturated heterocycles. The second-order valence-electron chi connectivity index (χ2n) is 18.1. The quantitative estimate of drug-likeness (QED) is 0.128. The Hall–Kier alpha value is -8.48. The largest absolute Gasteiger partial charge is 0.314 e. The SMILES string of the molecule is C1=C(N(c2ccccc2)c2ccccc2)CCc2sc3ccc(-c4ccc(N(c5ccccc5)c5ccc(-c6ccc7sc8ccc(N(c9ccccc9)c9ccccc9)cc8c7c6)cc5)cc4)cc3c21. The number of rotatable bonds is 11. The van der Waals surface area contributed by atoms with Gasteiger partial charge in [-0.1, -0.05) is 127 Å². The summed E-state index contributed by atoms with van der Waals surface area (Å²) in [6.07, 6.45) is 4.47. The average Bonchev–Trinajstić information content (AvgIpc) is 4.00. The van der Waals surface area contributed by atoms with Gasteiger partial charge in [-0.3, -0.25) is 0 Å². The molecule has 2 heterocycles. The van der Waals surface area contributed by atoms with E-state index in [4.69, 9.17) is 0 Å². The normalized spacial score (nSPS) is 12.2. The molecule has 71 heavy (non-hydrogen) atoms. The molecule has 0 amide bonds. The standard InChI is InChI=1S/C66H47N3S2/c1-6-16-50(17-7-1)67(55-32-26-46(27-33-55)48-30-38-63-59(42-48)61-44-57(36-40-65(61)70-63)68(51-18-8-2-9-19-51)52-20-10-3-11-21-52)56-34-28-47(29-35-56)49-31-39-64-60(43-49)62-45-58(37-41-66(62)71-64)69(53-22-12-4-13-23-53)54-24-14-5-15-25-54/h1-36,38-40,42-45H,37,41H2. The van der Waals surface area contributed by atoms with E-state index in [1.807, 2.05) is 22.7 Å². The zero-order valence-electron chi connectivity index (χ0n) is 38.9. The predicted octanol–water partition coefficient (Wildman–Crippen LogP) is 19.7. The Morgan fingerprint density at radius 2 is 0.620 bits per heavy atom. The van der Waals surface area contributed by atoms with Crippen molar-refractivity contribution in [2.24, 2.45) is 0 Å². The van der Waals surface area contributed by atoms with E-state index in [9.17, 15) is 0 Å². The van der Waals surface area contributed by atoms with Gasteiger partial charge in [0.2, 0.25) is 0 Å². The highest BCUT2D eigenvalue weighted by Crippen LogP contribution is 2.45. The molecule has 3 nitrogen and oxygen atoms in total. The fourth-order valence-corrected chi connectivity index (χ4v) is 12.5. The van der Waals surface area contributed by atoms with E-state index in [1.54, 1.807) is 0 Å². The average molecular weight is 946 g/mol. The van der Waals surface area contributed by atoms with Crippen molar-refractivity contribution in [1.29, 1.82) is 0 Å². The molecule has 1 aliphatic rings. The third kappa shape index (κ3) is 8.15. The lowest BCUT2D eigenvalue weighted by atomic mass is 9.96. The smallest absolute Gasteiger partial charge is 0.0468 e. The predicted molar refractivity (Wildman–Crippen MR) is 306 cm³/mol. The molecule has 10 aromatic carbocycles. The maximum absolute atomic E-state index is 2.44. The molecule has 338 valence electrons. The van der Waals surface area contributed by atoms with Gasteiger partial charge in [-0.05, 0) is 174 Å². The van der Waals surface area contributed by atoms with Crippen LogP contribution in [-0.4, -0.2) is 0 Å². The first-order chi connectivity index (χ1) is 35.2. The van der Waals surface area contributed by atoms with Gasteiger partial charge in [0, 0.05) is 86.3 Å². The van der Waals surface area contributed by atoms with Gasteiger partial charge in [0.25, 0.3) is 0 Å². The molecule has 0 aliphatic heterocycles. The third-order valence-electron chi connectivity index (χ3n) is 13.7. The fraction of sp³-hybridized carbons (Fsp3) is 0.0303. The van der Waals surface area contributed by atoms with E-state index in [0.29, 0.717) is 0 Å². The summed E-state index contributed by atoms with van der Waals surface area (Å²) in [7, 11) is 0. The van der Waals surface area contributed by atoms with Crippen molar-refractivity contribution >= 4 is 105 Å². The summed E-state index contributed by atoms with van der Waals surface area (Å²) in [5, 5.41) is 3.87. The van der Waals surface area contributed by atoms with E-state index >= 15 is 0 Å². The molecule has 0 radical (unpaired) electrons. The first-order valence-electron chi connectivity index (χ1n) is 24.3. The second-order valence-corrected chi connectivity index (χ2v) is 20.3. The van der Waals surface area contributed by atoms with E-state index in [2.05, 4.69) is 276 Å². The lowest BCUT2D eigenvalue weighted by Crippen LogP contribution is -2.18. The fourth-order valence-electron chi connectivity index (χ4n) is 10.3. The van der Waals surface area contributed by atoms with Gasteiger partial charge in [-0.25, -0.2) is 0 Å². The van der Waals surface area contributed by atoms with Gasteiger partial charge in [-0.2, -0.15) is 0 Å². The molecular weight excluding hydrogens is 899 g/mol. The minimum absolute atomic E-state index is 0.992. The molecule has 0 bridgehead atoms. The lowest BCUT2D eigenvalue weighted by molar-refractivity contribution is 0.911. The molecule has 12 aromatic rings. The number of anilines is 8. The molecule has 0 atom stereocenters. The third-order valence-corrected chi connectivity index (χ3v) is 16.1. The van der Waals surface area contributed by atoms with Crippen LogP contribution in [0.25, 0.3) is 58.6 Å². The highest BCUT2D eigenvalue weighted by atomic mass is 32.1. The summed E-state index contributed by atoms with van der Waals surface area (Å²) in [5.74, 6) is 0. The van der Waals surface area contributed by atoms with Crippen LogP contribution in [-0.2, 0) is 6.42 Å². The van der Waals surface area contributed by atoms with Crippen molar-refractivity contribution in [2.75, 3.05) is 14.7 Å². The van der Waals surface area contributed by atoms with Gasteiger partial charge >= 0.3 is 0 Å². The number of thiophene rings is 2. The van der Waals surface area contributed by atoms with Crippen molar-refractivity contribution in [3.8, 4) is 22.3 Å². The molecule has 0 unspecified atom stereocenters. The first kappa shape index (κ1) is 42.6. The number of hydrogen-bond acceptors (Lipinski definition) is 5. The summed E-state index contributed by atoms with van der Waals surface area (Å²) >= 11 is 3.80. The van der Waals surface area contributed by atoms with Crippen molar-refractivity contribution in [3.63, 3.8) is 0 Å². The molecule has 0 spiro atoms. The van der Waals surface area contributed by atoms with Crippen molar-refractivity contribution in [2.45, 2.75) is 12.8 Å². The van der Waals surface area contributed by atoms with Gasteiger partial charge < -0.3 is 14.7 Å². The highest BCUT2D eigenvalue weighted by molar-refractivity contribution is 7.25. The number of hydrogen-bond donors (Lipinski definition) is 0. The minimum atomic E-state index is 0.992. The van der Waals surface area contributed by atoms with Crippen molar-refractivity contribution in [1.82, 2.24) is 0 Å². The van der Waals surface area contributed by atoms with Gasteiger partial charge in [-0.15, -0.1) is 22.7 Å². The molecule has 0 saturated carbocycles. The van der Waals surface area contributed by atoms with E-state index < -0.39 is 0 Å². The first-order valence-corrected chi connectivity index (χ1v) is 25.9. The molecule has 2 aromatic heterocycles. The molecule has 5 heteroatoms.